The normalized spacial score (nSPS) is 19.3. The Morgan fingerprint density at radius 2 is 2.08 bits per heavy atom. The summed E-state index contributed by atoms with van der Waals surface area (Å²) in [5, 5.41) is 10.3. The number of hydrogen-bond acceptors (Lipinski definition) is 10. The lowest BCUT2D eigenvalue weighted by Gasteiger charge is -2.32. The first-order chi connectivity index (χ1) is 24.5. The van der Waals surface area contributed by atoms with E-state index in [1.54, 1.807) is 43.4 Å². The molecule has 5 heterocycles. The van der Waals surface area contributed by atoms with Crippen LogP contribution in [0.3, 0.4) is 0 Å². The topological polar surface area (TPSA) is 124 Å². The van der Waals surface area contributed by atoms with Crippen molar-refractivity contribution in [2.75, 3.05) is 49.3 Å². The number of pyridine rings is 1. The Kier molecular flexibility index (Phi) is 9.15. The van der Waals surface area contributed by atoms with Crippen molar-refractivity contribution in [1.29, 1.82) is 5.26 Å². The van der Waals surface area contributed by atoms with E-state index in [1.807, 2.05) is 13.0 Å². The van der Waals surface area contributed by atoms with Crippen LogP contribution in [0.2, 0.25) is 5.02 Å². The van der Waals surface area contributed by atoms with Crippen molar-refractivity contribution >= 4 is 66.5 Å². The minimum absolute atomic E-state index is 0.0108. The maximum atomic E-state index is 17.1. The maximum Gasteiger partial charge on any atom is 0.319 e. The van der Waals surface area contributed by atoms with Crippen LogP contribution in [0.25, 0.3) is 32.1 Å². The van der Waals surface area contributed by atoms with Crippen molar-refractivity contribution in [3.8, 4) is 23.2 Å². The molecule has 0 bridgehead atoms. The molecule has 2 aliphatic heterocycles. The van der Waals surface area contributed by atoms with E-state index >= 15 is 4.39 Å². The van der Waals surface area contributed by atoms with Gasteiger partial charge >= 0.3 is 6.01 Å². The number of rotatable bonds is 9. The van der Waals surface area contributed by atoms with E-state index in [1.165, 1.54) is 23.1 Å². The fourth-order valence-electron chi connectivity index (χ4n) is 7.55. The lowest BCUT2D eigenvalue weighted by Crippen LogP contribution is -2.46. The van der Waals surface area contributed by atoms with Crippen LogP contribution in [0.4, 0.5) is 29.8 Å². The summed E-state index contributed by atoms with van der Waals surface area (Å²) in [6.45, 7) is 3.00. The predicted molar refractivity (Wildman–Crippen MR) is 193 cm³/mol. The predicted octanol–water partition coefficient (Wildman–Crippen LogP) is 7.12. The molecule has 1 unspecified atom stereocenters. The van der Waals surface area contributed by atoms with Crippen molar-refractivity contribution in [3.63, 3.8) is 0 Å². The maximum absolute atomic E-state index is 17.1. The third-order valence-electron chi connectivity index (χ3n) is 10.1. The van der Waals surface area contributed by atoms with Crippen LogP contribution in [0.5, 0.6) is 6.01 Å². The minimum Gasteiger partial charge on any atom is -0.461 e. The number of nitrogens with two attached hydrogens (primary N) is 1. The second kappa shape index (κ2) is 13.4. The number of likely N-dealkylation sites (N-methyl/N-ethyl adjacent to an activating group) is 2. The Morgan fingerprint density at radius 3 is 2.80 bits per heavy atom. The molecule has 2 N–H and O–H groups in total. The second-order valence-corrected chi connectivity index (χ2v) is 14.5. The third kappa shape index (κ3) is 5.87. The van der Waals surface area contributed by atoms with Crippen LogP contribution >= 0.6 is 22.9 Å². The number of aromatic nitrogens is 3. The Morgan fingerprint density at radius 1 is 1.27 bits per heavy atom. The van der Waals surface area contributed by atoms with E-state index in [-0.39, 0.29) is 72.0 Å². The molecule has 5 aromatic rings. The highest BCUT2D eigenvalue weighted by Crippen LogP contribution is 2.46. The number of ether oxygens (including phenoxy) is 1. The van der Waals surface area contributed by atoms with Gasteiger partial charge in [0.25, 0.3) is 5.91 Å². The van der Waals surface area contributed by atoms with Gasteiger partial charge in [0, 0.05) is 49.6 Å². The summed E-state index contributed by atoms with van der Waals surface area (Å²) >= 11 is 7.74. The standard InChI is InChI=1S/C36H34ClF3N8O2S/c1-4-25(34(49)47(3)26-8-5-6-12-43-26)46(2)33-21-14-23(37)28(20-9-10-24(39)31-27(20)22(16-41)32(42)51-31)29(40)30(21)44-35(45-33)50-18-36-11-7-13-48(36)17-19(38)15-36/h5-6,8-10,12,14,19,25H,4,7,11,13,15,17-18,42H2,1-3H3/t19-,25?,36+/m1/s1. The molecule has 1 amide bonds. The van der Waals surface area contributed by atoms with Crippen molar-refractivity contribution in [1.82, 2.24) is 19.9 Å². The van der Waals surface area contributed by atoms with Crippen LogP contribution in [-0.4, -0.2) is 77.3 Å². The first-order valence-electron chi connectivity index (χ1n) is 16.5. The summed E-state index contributed by atoms with van der Waals surface area (Å²) < 4.78 is 53.0. The SMILES string of the molecule is CCC(C(=O)N(C)c1ccccn1)N(C)c1nc(OC[C@@]23CCCN2C[C@H](F)C3)nc2c(F)c(-c3ccc(F)c4sc(N)c(C#N)c34)c(Cl)cc12. The van der Waals surface area contributed by atoms with Crippen LogP contribution in [0.1, 0.15) is 38.2 Å². The number of nitrogens with zero attached hydrogens (tertiary/aromatic N) is 7. The highest BCUT2D eigenvalue weighted by atomic mass is 35.5. The van der Waals surface area contributed by atoms with Gasteiger partial charge in [-0.3, -0.25) is 14.6 Å². The molecule has 10 nitrogen and oxygen atoms in total. The van der Waals surface area contributed by atoms with Crippen molar-refractivity contribution in [2.24, 2.45) is 0 Å². The zero-order valence-corrected chi connectivity index (χ0v) is 29.7. The highest BCUT2D eigenvalue weighted by Gasteiger charge is 2.49. The summed E-state index contributed by atoms with van der Waals surface area (Å²) in [6.07, 6.45) is 2.89. The summed E-state index contributed by atoms with van der Waals surface area (Å²) in [6, 6.07) is 10.3. The van der Waals surface area contributed by atoms with E-state index in [2.05, 4.69) is 14.9 Å². The lowest BCUT2D eigenvalue weighted by atomic mass is 9.95. The molecule has 7 rings (SSSR count). The van der Waals surface area contributed by atoms with Gasteiger partial charge in [-0.2, -0.15) is 15.2 Å². The van der Waals surface area contributed by atoms with E-state index in [9.17, 15) is 18.8 Å². The number of alkyl halides is 1. The zero-order chi connectivity index (χ0) is 36.2. The molecule has 0 spiro atoms. The van der Waals surface area contributed by atoms with Crippen LogP contribution in [-0.2, 0) is 4.79 Å². The molecule has 2 saturated heterocycles. The molecule has 0 radical (unpaired) electrons. The summed E-state index contributed by atoms with van der Waals surface area (Å²) in [5.74, 6) is -1.14. The number of carbonyl (C=O) groups excluding carboxylic acids is 1. The quantitative estimate of drug-likeness (QED) is 0.169. The van der Waals surface area contributed by atoms with Gasteiger partial charge in [0.2, 0.25) is 0 Å². The number of hydrogen-bond donors (Lipinski definition) is 1. The van der Waals surface area contributed by atoms with Gasteiger partial charge in [0.05, 0.1) is 20.8 Å². The molecule has 15 heteroatoms. The molecular formula is C36H34ClF3N8O2S. The fourth-order valence-corrected chi connectivity index (χ4v) is 8.79. The van der Waals surface area contributed by atoms with Crippen LogP contribution < -0.4 is 20.3 Å². The van der Waals surface area contributed by atoms with E-state index < -0.39 is 29.4 Å². The van der Waals surface area contributed by atoms with Crippen molar-refractivity contribution in [3.05, 3.63) is 64.8 Å². The number of amides is 1. The molecule has 51 heavy (non-hydrogen) atoms. The average molecular weight is 735 g/mol. The molecule has 0 saturated carbocycles. The van der Waals surface area contributed by atoms with E-state index in [0.29, 0.717) is 25.2 Å². The Bertz CT molecular complexity index is 2220. The van der Waals surface area contributed by atoms with E-state index in [0.717, 1.165) is 30.7 Å². The first kappa shape index (κ1) is 34.7. The highest BCUT2D eigenvalue weighted by molar-refractivity contribution is 7.23. The summed E-state index contributed by atoms with van der Waals surface area (Å²) in [4.78, 5) is 32.6. The molecule has 2 aliphatic rings. The number of thiophene rings is 1. The molecule has 0 aliphatic carbocycles. The zero-order valence-electron chi connectivity index (χ0n) is 28.1. The minimum atomic E-state index is -0.986. The molecule has 3 atom stereocenters. The van der Waals surface area contributed by atoms with Gasteiger partial charge in [0.15, 0.2) is 5.82 Å². The number of fused-ring (bicyclic) bond motifs is 3. The van der Waals surface area contributed by atoms with Gasteiger partial charge in [0.1, 0.15) is 52.9 Å². The van der Waals surface area contributed by atoms with Gasteiger partial charge in [-0.25, -0.2) is 18.2 Å². The number of nitrogen functional groups attached to an aromatic ring is 1. The Labute approximate surface area is 301 Å². The largest absolute Gasteiger partial charge is 0.461 e. The molecule has 3 aromatic heterocycles. The number of benzene rings is 2. The Hall–Kier alpha value is -4.71. The number of halogens is 4. The van der Waals surface area contributed by atoms with Crippen molar-refractivity contribution < 1.29 is 22.7 Å². The van der Waals surface area contributed by atoms with Crippen molar-refractivity contribution in [2.45, 2.75) is 50.4 Å². The van der Waals surface area contributed by atoms with E-state index in [4.69, 9.17) is 27.1 Å². The van der Waals surface area contributed by atoms with Gasteiger partial charge in [-0.1, -0.05) is 30.7 Å². The Balaban J connectivity index is 1.38. The van der Waals surface area contributed by atoms with Crippen LogP contribution in [0.15, 0.2) is 42.6 Å². The molecule has 2 aromatic carbocycles. The van der Waals surface area contributed by atoms with Crippen LogP contribution in [0, 0.1) is 23.0 Å². The third-order valence-corrected chi connectivity index (χ3v) is 11.4. The first-order valence-corrected chi connectivity index (χ1v) is 17.7. The lowest BCUT2D eigenvalue weighted by molar-refractivity contribution is -0.119. The molecule has 2 fully saturated rings. The monoisotopic (exact) mass is 734 g/mol. The number of anilines is 3. The smallest absolute Gasteiger partial charge is 0.319 e. The van der Waals surface area contributed by atoms with Gasteiger partial charge in [-0.15, -0.1) is 11.3 Å². The average Bonchev–Trinajstić information content (AvgIpc) is 3.77. The van der Waals surface area contributed by atoms with Gasteiger partial charge < -0.3 is 15.4 Å². The molecule has 264 valence electrons. The fraction of sp³-hybridized carbons (Fsp3) is 0.361. The number of nitriles is 1. The summed E-state index contributed by atoms with van der Waals surface area (Å²) in [5.41, 5.74) is 5.43. The number of carbonyl (C=O) groups is 1. The molecular weight excluding hydrogens is 701 g/mol. The second-order valence-electron chi connectivity index (χ2n) is 13.0. The summed E-state index contributed by atoms with van der Waals surface area (Å²) in [7, 11) is 3.29. The van der Waals surface area contributed by atoms with Gasteiger partial charge in [-0.05, 0) is 55.6 Å².